The first-order valence-electron chi connectivity index (χ1n) is 17.9. The van der Waals surface area contributed by atoms with Crippen molar-refractivity contribution in [2.24, 2.45) is 11.1 Å². The highest BCUT2D eigenvalue weighted by Gasteiger charge is 2.34. The maximum atomic E-state index is 13.4. The third-order valence-electron chi connectivity index (χ3n) is 10.4. The summed E-state index contributed by atoms with van der Waals surface area (Å²) in [6, 6.07) is 14.7. The summed E-state index contributed by atoms with van der Waals surface area (Å²) in [7, 11) is 2.15. The van der Waals surface area contributed by atoms with E-state index in [0.717, 1.165) is 83.0 Å². The van der Waals surface area contributed by atoms with E-state index in [1.165, 1.54) is 5.01 Å². The largest absolute Gasteiger partial charge is 0.508 e. The van der Waals surface area contributed by atoms with Crippen LogP contribution in [0, 0.1) is 5.41 Å². The second-order valence-electron chi connectivity index (χ2n) is 15.0. The topological polar surface area (TPSA) is 129 Å². The average Bonchev–Trinajstić information content (AvgIpc) is 3.41. The predicted molar refractivity (Wildman–Crippen MR) is 196 cm³/mol. The second kappa shape index (κ2) is 13.7. The Bertz CT molecular complexity index is 1890. The molecule has 3 aliphatic rings. The standard InChI is InChI=1S/C39H49N7O4/c1-5-45-34-10-8-26-21-30(34)31(36(45)27-9-11-35(41-23-27)44-15-13-43(4)14-16-44)22-39(2,3)24-50-38(49)33-7-6-12-46(42-33)37(48)32(40)19-25-17-28(26)20-29(47)18-25/h8-11,17-18,20-21,23,32-33,42,47H,5-7,12-16,19,22,24,40H2,1-4H3/t32-,33-/m0/s1. The van der Waals surface area contributed by atoms with Crippen molar-refractivity contribution in [2.75, 3.05) is 51.3 Å². The lowest BCUT2D eigenvalue weighted by Crippen LogP contribution is -2.59. The molecule has 0 radical (unpaired) electrons. The van der Waals surface area contributed by atoms with E-state index in [1.54, 1.807) is 12.1 Å². The van der Waals surface area contributed by atoms with Gasteiger partial charge in [0, 0.05) is 67.3 Å². The Morgan fingerprint density at radius 2 is 1.78 bits per heavy atom. The molecule has 7 rings (SSSR count). The van der Waals surface area contributed by atoms with Crippen LogP contribution in [0.3, 0.4) is 0 Å². The number of phenols is 1. The van der Waals surface area contributed by atoms with Gasteiger partial charge in [0.1, 0.15) is 17.6 Å². The smallest absolute Gasteiger partial charge is 0.324 e. The number of carbonyl (C=O) groups excluding carboxylic acids is 2. The number of pyridine rings is 1. The number of nitrogens with two attached hydrogens (primary N) is 1. The van der Waals surface area contributed by atoms with Crippen LogP contribution in [0.4, 0.5) is 5.82 Å². The van der Waals surface area contributed by atoms with Crippen LogP contribution in [0.15, 0.2) is 54.7 Å². The number of carbonyl (C=O) groups is 2. The number of esters is 1. The van der Waals surface area contributed by atoms with Crippen molar-refractivity contribution in [3.63, 3.8) is 0 Å². The molecular formula is C39H49N7O4. The van der Waals surface area contributed by atoms with Crippen LogP contribution >= 0.6 is 0 Å². The Morgan fingerprint density at radius 3 is 2.52 bits per heavy atom. The lowest BCUT2D eigenvalue weighted by molar-refractivity contribution is -0.154. The fourth-order valence-corrected chi connectivity index (χ4v) is 7.70. The summed E-state index contributed by atoms with van der Waals surface area (Å²) in [4.78, 5) is 36.4. The zero-order chi connectivity index (χ0) is 35.2. The Hall–Kier alpha value is -4.45. The normalized spacial score (nSPS) is 22.0. The first-order valence-corrected chi connectivity index (χ1v) is 17.9. The van der Waals surface area contributed by atoms with Crippen molar-refractivity contribution < 1.29 is 19.4 Å². The van der Waals surface area contributed by atoms with E-state index in [9.17, 15) is 14.7 Å². The lowest BCUT2D eigenvalue weighted by atomic mass is 9.84. The maximum absolute atomic E-state index is 13.4. The number of cyclic esters (lactones) is 1. The van der Waals surface area contributed by atoms with Gasteiger partial charge in [-0.15, -0.1) is 0 Å². The maximum Gasteiger partial charge on any atom is 0.324 e. The number of hydrazine groups is 1. The minimum Gasteiger partial charge on any atom is -0.508 e. The summed E-state index contributed by atoms with van der Waals surface area (Å²) < 4.78 is 8.34. The SMILES string of the molecule is CCn1c(-c2ccc(N3CCN(C)CC3)nc2)c2c3cc(ccc31)-c1cc(O)cc(c1)C[C@H](N)C(=O)N1CCC[C@H](N1)C(=O)OCC(C)(C)C2. The fraction of sp³-hybridized carbons (Fsp3) is 0.462. The molecule has 264 valence electrons. The van der Waals surface area contributed by atoms with Crippen LogP contribution in [-0.4, -0.2) is 94.9 Å². The zero-order valence-corrected chi connectivity index (χ0v) is 29.6. The molecule has 0 aliphatic carbocycles. The molecule has 0 saturated carbocycles. The van der Waals surface area contributed by atoms with Crippen molar-refractivity contribution in [1.82, 2.24) is 24.9 Å². The highest BCUT2D eigenvalue weighted by Crippen LogP contribution is 2.40. The highest BCUT2D eigenvalue weighted by molar-refractivity contribution is 5.95. The van der Waals surface area contributed by atoms with Gasteiger partial charge >= 0.3 is 5.97 Å². The summed E-state index contributed by atoms with van der Waals surface area (Å²) in [6.07, 6.45) is 4.11. The number of nitrogens with one attached hydrogen (secondary N) is 1. The van der Waals surface area contributed by atoms with Crippen molar-refractivity contribution in [3.8, 4) is 28.1 Å². The van der Waals surface area contributed by atoms with E-state index in [-0.39, 0.29) is 30.7 Å². The van der Waals surface area contributed by atoms with Crippen molar-refractivity contribution in [2.45, 2.75) is 65.1 Å². The Kier molecular flexibility index (Phi) is 9.32. The van der Waals surface area contributed by atoms with Gasteiger partial charge in [0.15, 0.2) is 0 Å². The van der Waals surface area contributed by atoms with Gasteiger partial charge in [-0.25, -0.2) is 10.4 Å². The molecule has 11 nitrogen and oxygen atoms in total. The molecule has 2 saturated heterocycles. The van der Waals surface area contributed by atoms with Crippen LogP contribution in [-0.2, 0) is 33.7 Å². The number of amides is 1. The van der Waals surface area contributed by atoms with Crippen molar-refractivity contribution in [3.05, 3.63) is 65.9 Å². The van der Waals surface area contributed by atoms with E-state index in [0.29, 0.717) is 25.8 Å². The number of fused-ring (bicyclic) bond motifs is 6. The zero-order valence-electron chi connectivity index (χ0n) is 29.6. The van der Waals surface area contributed by atoms with Crippen LogP contribution in [0.2, 0.25) is 0 Å². The third kappa shape index (κ3) is 6.82. The van der Waals surface area contributed by atoms with Gasteiger partial charge in [-0.1, -0.05) is 26.0 Å². The number of likely N-dealkylation sites (N-methyl/N-ethyl adjacent to an activating group) is 1. The minimum absolute atomic E-state index is 0.116. The van der Waals surface area contributed by atoms with E-state index in [2.05, 4.69) is 77.9 Å². The predicted octanol–water partition coefficient (Wildman–Crippen LogP) is 4.34. The van der Waals surface area contributed by atoms with Crippen LogP contribution in [0.25, 0.3) is 33.3 Å². The van der Waals surface area contributed by atoms with Crippen molar-refractivity contribution in [1.29, 1.82) is 0 Å². The fourth-order valence-electron chi connectivity index (χ4n) is 7.70. The quantitative estimate of drug-likeness (QED) is 0.271. The van der Waals surface area contributed by atoms with Gasteiger partial charge in [0.05, 0.1) is 18.3 Å². The number of ether oxygens (including phenoxy) is 1. The molecule has 4 aromatic rings. The van der Waals surface area contributed by atoms with Gasteiger partial charge in [0.25, 0.3) is 5.91 Å². The number of benzene rings is 2. The molecule has 3 aliphatic heterocycles. The third-order valence-corrected chi connectivity index (χ3v) is 10.4. The number of aromatic nitrogens is 2. The van der Waals surface area contributed by atoms with Gasteiger partial charge in [-0.3, -0.25) is 14.6 Å². The Labute approximate surface area is 294 Å². The molecule has 2 atom stereocenters. The molecule has 11 heteroatoms. The number of aryl methyl sites for hydroxylation is 1. The van der Waals surface area contributed by atoms with Gasteiger partial charge in [-0.2, -0.15) is 0 Å². The Morgan fingerprint density at radius 1 is 1.00 bits per heavy atom. The first-order chi connectivity index (χ1) is 24.0. The Balaban J connectivity index is 1.35. The molecule has 4 N–H and O–H groups in total. The molecule has 50 heavy (non-hydrogen) atoms. The van der Waals surface area contributed by atoms with E-state index >= 15 is 0 Å². The number of anilines is 1. The van der Waals surface area contributed by atoms with E-state index < -0.39 is 17.5 Å². The average molecular weight is 680 g/mol. The van der Waals surface area contributed by atoms with Crippen LogP contribution in [0.1, 0.15) is 44.7 Å². The highest BCUT2D eigenvalue weighted by atomic mass is 16.5. The number of aromatic hydroxyl groups is 1. The molecule has 2 aromatic carbocycles. The molecule has 0 unspecified atom stereocenters. The molecule has 0 spiro atoms. The molecule has 5 heterocycles. The molecule has 2 fully saturated rings. The summed E-state index contributed by atoms with van der Waals surface area (Å²) in [5, 5.41) is 13.4. The lowest BCUT2D eigenvalue weighted by Gasteiger charge is -2.35. The van der Waals surface area contributed by atoms with E-state index in [1.807, 2.05) is 12.3 Å². The summed E-state index contributed by atoms with van der Waals surface area (Å²) in [5.74, 6) is 0.441. The van der Waals surface area contributed by atoms with Crippen LogP contribution < -0.4 is 16.1 Å². The molecule has 1 amide bonds. The minimum atomic E-state index is -0.851. The monoisotopic (exact) mass is 679 g/mol. The summed E-state index contributed by atoms with van der Waals surface area (Å²) in [5.41, 5.74) is 16.1. The summed E-state index contributed by atoms with van der Waals surface area (Å²) in [6.45, 7) is 11.8. The number of phenolic OH excluding ortho intramolecular Hbond substituents is 1. The van der Waals surface area contributed by atoms with Gasteiger partial charge in [-0.05, 0) is 98.3 Å². The van der Waals surface area contributed by atoms with Crippen molar-refractivity contribution >= 4 is 28.6 Å². The molecule has 6 bridgehead atoms. The van der Waals surface area contributed by atoms with Gasteiger partial charge < -0.3 is 29.9 Å². The van der Waals surface area contributed by atoms with E-state index in [4.69, 9.17) is 15.5 Å². The molecule has 2 aromatic heterocycles. The molecular weight excluding hydrogens is 630 g/mol. The van der Waals surface area contributed by atoms with Crippen LogP contribution in [0.5, 0.6) is 5.75 Å². The number of hydrogen-bond acceptors (Lipinski definition) is 9. The summed E-state index contributed by atoms with van der Waals surface area (Å²) >= 11 is 0. The first kappa shape index (κ1) is 34.0. The number of hydrogen-bond donors (Lipinski definition) is 3. The number of piperazine rings is 1. The number of rotatable bonds is 3. The number of nitrogens with zero attached hydrogens (tertiary/aromatic N) is 5. The van der Waals surface area contributed by atoms with Gasteiger partial charge in [0.2, 0.25) is 0 Å². The second-order valence-corrected chi connectivity index (χ2v) is 15.0.